The van der Waals surface area contributed by atoms with Crippen LogP contribution in [0.1, 0.15) is 51.3 Å². The fraction of sp³-hybridized carbons (Fsp3) is 0.125. The van der Waals surface area contributed by atoms with Gasteiger partial charge in [-0.25, -0.2) is 9.97 Å². The van der Waals surface area contributed by atoms with Gasteiger partial charge in [0.2, 0.25) is 0 Å². The van der Waals surface area contributed by atoms with E-state index < -0.39 is 0 Å². The molecule has 0 radical (unpaired) electrons. The van der Waals surface area contributed by atoms with Crippen molar-refractivity contribution in [2.75, 3.05) is 0 Å². The van der Waals surface area contributed by atoms with E-state index in [4.69, 9.17) is 9.51 Å². The largest absolute Gasteiger partial charge is 0.361 e. The van der Waals surface area contributed by atoms with Gasteiger partial charge in [-0.2, -0.15) is 0 Å². The second-order valence-electron chi connectivity index (χ2n) is 9.46. The maximum absolute atomic E-state index is 11.8. The Balaban J connectivity index is 1.63. The summed E-state index contributed by atoms with van der Waals surface area (Å²) in [6, 6.07) is 26.8. The van der Waals surface area contributed by atoms with Crippen molar-refractivity contribution in [1.29, 1.82) is 0 Å². The molecule has 2 aromatic carbocycles. The van der Waals surface area contributed by atoms with Gasteiger partial charge in [0.15, 0.2) is 5.78 Å². The molecule has 186 valence electrons. The summed E-state index contributed by atoms with van der Waals surface area (Å²) in [5.41, 5.74) is 7.57. The monoisotopic (exact) mass is 498 g/mol. The quantitative estimate of drug-likeness (QED) is 0.230. The number of hydrogen-bond donors (Lipinski definition) is 0. The fourth-order valence-corrected chi connectivity index (χ4v) is 5.15. The molecule has 6 heteroatoms. The summed E-state index contributed by atoms with van der Waals surface area (Å²) in [5.74, 6) is 1.41. The van der Waals surface area contributed by atoms with Gasteiger partial charge in [-0.15, -0.1) is 0 Å². The number of pyridine rings is 2. The third-order valence-corrected chi connectivity index (χ3v) is 6.97. The van der Waals surface area contributed by atoms with Gasteiger partial charge in [0.1, 0.15) is 17.2 Å². The average molecular weight is 499 g/mol. The summed E-state index contributed by atoms with van der Waals surface area (Å²) in [5, 5.41) is 5.17. The molecule has 38 heavy (non-hydrogen) atoms. The standard InChI is InChI=1S/C32H26N4O2/c1-20-30(22(3)38-35-20)26-16-27-28(31(23-10-6-4-7-11-23)24-12-8-5-9-13-24)19-36(32(27)34-18-26)29-15-14-25(17-33-29)21(2)37/h4-19,31H,1-3H3. The number of Topliss-reactive ketones (excluding diaryl/α,β-unsaturated/α-hetero) is 1. The smallest absolute Gasteiger partial charge is 0.161 e. The van der Waals surface area contributed by atoms with E-state index in [1.165, 1.54) is 11.1 Å². The van der Waals surface area contributed by atoms with Gasteiger partial charge in [-0.1, -0.05) is 65.8 Å². The maximum Gasteiger partial charge on any atom is 0.161 e. The highest BCUT2D eigenvalue weighted by atomic mass is 16.5. The Morgan fingerprint density at radius 2 is 1.55 bits per heavy atom. The molecule has 0 saturated heterocycles. The van der Waals surface area contributed by atoms with Crippen molar-refractivity contribution in [1.82, 2.24) is 19.7 Å². The normalized spacial score (nSPS) is 11.4. The first-order chi connectivity index (χ1) is 18.5. The van der Waals surface area contributed by atoms with Crippen molar-refractivity contribution in [3.63, 3.8) is 0 Å². The van der Waals surface area contributed by atoms with Crippen LogP contribution in [0.25, 0.3) is 28.0 Å². The van der Waals surface area contributed by atoms with Crippen LogP contribution in [0.4, 0.5) is 0 Å². The molecule has 0 aliphatic rings. The fourth-order valence-electron chi connectivity index (χ4n) is 5.15. The maximum atomic E-state index is 11.8. The minimum absolute atomic E-state index is 0.0162. The van der Waals surface area contributed by atoms with E-state index in [0.717, 1.165) is 39.2 Å². The Morgan fingerprint density at radius 3 is 2.11 bits per heavy atom. The van der Waals surface area contributed by atoms with Crippen molar-refractivity contribution in [3.8, 4) is 16.9 Å². The summed E-state index contributed by atoms with van der Waals surface area (Å²) in [6.45, 7) is 5.41. The van der Waals surface area contributed by atoms with E-state index in [2.05, 4.69) is 70.9 Å². The molecule has 0 aliphatic heterocycles. The minimum Gasteiger partial charge on any atom is -0.361 e. The van der Waals surface area contributed by atoms with Gasteiger partial charge in [0.25, 0.3) is 0 Å². The highest BCUT2D eigenvalue weighted by Gasteiger charge is 2.24. The number of benzene rings is 2. The van der Waals surface area contributed by atoms with Crippen LogP contribution in [-0.4, -0.2) is 25.5 Å². The number of carbonyl (C=O) groups excluding carboxylic acids is 1. The minimum atomic E-state index is -0.0284. The second kappa shape index (κ2) is 9.56. The van der Waals surface area contributed by atoms with Crippen LogP contribution in [0.15, 0.2) is 102 Å². The molecule has 0 bridgehead atoms. The van der Waals surface area contributed by atoms with E-state index >= 15 is 0 Å². The Bertz CT molecular complexity index is 1690. The SMILES string of the molecule is CC(=O)c1ccc(-n2cc(C(c3ccccc3)c3ccccc3)c3cc(-c4c(C)noc4C)cnc32)nc1. The van der Waals surface area contributed by atoms with Crippen LogP contribution in [-0.2, 0) is 0 Å². The van der Waals surface area contributed by atoms with Gasteiger partial charge >= 0.3 is 0 Å². The van der Waals surface area contributed by atoms with Gasteiger partial charge < -0.3 is 4.52 Å². The predicted octanol–water partition coefficient (Wildman–Crippen LogP) is 7.08. The number of aryl methyl sites for hydroxylation is 2. The van der Waals surface area contributed by atoms with Crippen molar-refractivity contribution in [2.24, 2.45) is 0 Å². The lowest BCUT2D eigenvalue weighted by Crippen LogP contribution is -2.03. The number of rotatable bonds is 6. The van der Waals surface area contributed by atoms with E-state index in [1.54, 1.807) is 19.2 Å². The summed E-state index contributed by atoms with van der Waals surface area (Å²) < 4.78 is 7.47. The first-order valence-corrected chi connectivity index (χ1v) is 12.5. The van der Waals surface area contributed by atoms with Crippen LogP contribution < -0.4 is 0 Å². The predicted molar refractivity (Wildman–Crippen MR) is 148 cm³/mol. The number of hydrogen-bond acceptors (Lipinski definition) is 5. The highest BCUT2D eigenvalue weighted by molar-refractivity contribution is 5.94. The first kappa shape index (κ1) is 23.6. The van der Waals surface area contributed by atoms with E-state index in [-0.39, 0.29) is 11.7 Å². The lowest BCUT2D eigenvalue weighted by molar-refractivity contribution is 0.101. The molecule has 4 aromatic heterocycles. The molecular formula is C32H26N4O2. The van der Waals surface area contributed by atoms with E-state index in [0.29, 0.717) is 11.4 Å². The molecule has 0 aliphatic carbocycles. The molecule has 0 N–H and O–H groups in total. The van der Waals surface area contributed by atoms with Crippen LogP contribution >= 0.6 is 0 Å². The van der Waals surface area contributed by atoms with Crippen molar-refractivity contribution in [3.05, 3.63) is 131 Å². The van der Waals surface area contributed by atoms with Crippen LogP contribution in [0.5, 0.6) is 0 Å². The summed E-state index contributed by atoms with van der Waals surface area (Å²) in [7, 11) is 0. The lowest BCUT2D eigenvalue weighted by atomic mass is 9.85. The molecule has 0 atom stereocenters. The molecule has 6 aromatic rings. The Kier molecular flexibility index (Phi) is 5.92. The summed E-state index contributed by atoms with van der Waals surface area (Å²) >= 11 is 0. The van der Waals surface area contributed by atoms with Gasteiger partial charge in [0, 0.05) is 46.6 Å². The molecular weight excluding hydrogens is 472 g/mol. The Labute approximate surface area is 220 Å². The lowest BCUT2D eigenvalue weighted by Gasteiger charge is -2.18. The molecule has 4 heterocycles. The second-order valence-corrected chi connectivity index (χ2v) is 9.46. The third-order valence-electron chi connectivity index (χ3n) is 6.97. The van der Waals surface area contributed by atoms with Crippen LogP contribution in [0.2, 0.25) is 0 Å². The Morgan fingerprint density at radius 1 is 0.868 bits per heavy atom. The number of nitrogens with zero attached hydrogens (tertiary/aromatic N) is 4. The average Bonchev–Trinajstić information content (AvgIpc) is 3.49. The topological polar surface area (TPSA) is 73.8 Å². The molecule has 0 saturated carbocycles. The van der Waals surface area contributed by atoms with Crippen molar-refractivity contribution in [2.45, 2.75) is 26.7 Å². The zero-order valence-electron chi connectivity index (χ0n) is 21.4. The van der Waals surface area contributed by atoms with Crippen LogP contribution in [0.3, 0.4) is 0 Å². The molecule has 0 unspecified atom stereocenters. The number of ketones is 1. The highest BCUT2D eigenvalue weighted by Crippen LogP contribution is 2.39. The van der Waals surface area contributed by atoms with Gasteiger partial charge in [-0.05, 0) is 55.7 Å². The zero-order valence-corrected chi connectivity index (χ0v) is 21.4. The van der Waals surface area contributed by atoms with Crippen molar-refractivity contribution < 1.29 is 9.32 Å². The van der Waals surface area contributed by atoms with Crippen LogP contribution in [0, 0.1) is 13.8 Å². The molecule has 0 amide bonds. The molecule has 0 spiro atoms. The van der Waals surface area contributed by atoms with E-state index in [9.17, 15) is 4.79 Å². The Hall–Kier alpha value is -4.84. The molecule has 0 fully saturated rings. The summed E-state index contributed by atoms with van der Waals surface area (Å²) in [6.07, 6.45) is 5.60. The van der Waals surface area contributed by atoms with Gasteiger partial charge in [0.05, 0.1) is 5.69 Å². The third kappa shape index (κ3) is 4.10. The number of carbonyl (C=O) groups is 1. The zero-order chi connectivity index (χ0) is 26.2. The number of aromatic nitrogens is 4. The summed E-state index contributed by atoms with van der Waals surface area (Å²) in [4.78, 5) is 21.4. The molecule has 6 rings (SSSR count). The number of fused-ring (bicyclic) bond motifs is 1. The van der Waals surface area contributed by atoms with Gasteiger partial charge in [-0.3, -0.25) is 9.36 Å². The van der Waals surface area contributed by atoms with Crippen molar-refractivity contribution >= 4 is 16.8 Å². The first-order valence-electron chi connectivity index (χ1n) is 12.5. The molecule has 6 nitrogen and oxygen atoms in total. The van der Waals surface area contributed by atoms with E-state index in [1.807, 2.05) is 42.8 Å².